The number of carboxylic acid groups (broad SMARTS) is 1. The van der Waals surface area contributed by atoms with E-state index in [9.17, 15) is 14.0 Å². The molecule has 1 amide bonds. The summed E-state index contributed by atoms with van der Waals surface area (Å²) < 4.78 is 13.1. The first-order valence-corrected chi connectivity index (χ1v) is 7.09. The largest absolute Gasteiger partial charge is 0.477 e. The Morgan fingerprint density at radius 3 is 2.83 bits per heavy atom. The van der Waals surface area contributed by atoms with Gasteiger partial charge in [0.05, 0.1) is 6.20 Å². The Kier molecular flexibility index (Phi) is 4.07. The number of hydrogen-bond donors (Lipinski definition) is 3. The third kappa shape index (κ3) is 3.07. The van der Waals surface area contributed by atoms with Crippen molar-refractivity contribution in [2.45, 2.75) is 12.6 Å². The molecule has 0 radical (unpaired) electrons. The van der Waals surface area contributed by atoms with Crippen LogP contribution in [0.1, 0.15) is 27.7 Å². The van der Waals surface area contributed by atoms with E-state index >= 15 is 0 Å². The van der Waals surface area contributed by atoms with Crippen LogP contribution in [0.2, 0.25) is 0 Å². The summed E-state index contributed by atoms with van der Waals surface area (Å²) in [6.07, 6.45) is 1.44. The highest BCUT2D eigenvalue weighted by Gasteiger charge is 2.32. The number of rotatable bonds is 4. The van der Waals surface area contributed by atoms with Crippen LogP contribution in [0.25, 0.3) is 0 Å². The molecule has 23 heavy (non-hydrogen) atoms. The molecule has 120 valence electrons. The highest BCUT2D eigenvalue weighted by molar-refractivity contribution is 5.87. The van der Waals surface area contributed by atoms with Gasteiger partial charge in [-0.2, -0.15) is 5.10 Å². The number of aromatic amines is 1. The summed E-state index contributed by atoms with van der Waals surface area (Å²) in [6.45, 7) is 1.28. The van der Waals surface area contributed by atoms with Gasteiger partial charge < -0.3 is 10.4 Å². The molecule has 1 aliphatic heterocycles. The topological polar surface area (TPSA) is 98.3 Å². The molecule has 2 aromatic rings. The zero-order valence-electron chi connectivity index (χ0n) is 12.1. The number of carboxylic acids is 1. The number of aromatic carboxylic acids is 1. The molecule has 8 heteroatoms. The summed E-state index contributed by atoms with van der Waals surface area (Å²) in [6, 6.07) is 5.13. The minimum absolute atomic E-state index is 0.00818. The Morgan fingerprint density at radius 1 is 1.39 bits per heavy atom. The molecule has 0 spiro atoms. The number of carbonyl (C=O) groups excluding carboxylic acids is 1. The van der Waals surface area contributed by atoms with E-state index in [-0.39, 0.29) is 24.0 Å². The number of carbonyl (C=O) groups is 2. The predicted molar refractivity (Wildman–Crippen MR) is 78.1 cm³/mol. The number of H-pyrrole nitrogens is 1. The summed E-state index contributed by atoms with van der Waals surface area (Å²) in [5.41, 5.74) is 1.16. The molecule has 1 saturated heterocycles. The van der Waals surface area contributed by atoms with Crippen molar-refractivity contribution >= 4 is 11.9 Å². The van der Waals surface area contributed by atoms with E-state index in [1.807, 2.05) is 4.90 Å². The smallest absolute Gasteiger partial charge is 0.354 e. The molecule has 0 saturated carbocycles. The van der Waals surface area contributed by atoms with Crippen molar-refractivity contribution in [2.75, 3.05) is 13.1 Å². The van der Waals surface area contributed by atoms with E-state index in [1.165, 1.54) is 18.3 Å². The number of amides is 1. The number of nitrogens with zero attached hydrogens (tertiary/aromatic N) is 2. The highest BCUT2D eigenvalue weighted by atomic mass is 19.1. The standard InChI is InChI=1S/C15H15FN4O3/c16-11-3-1-9(2-4-11)13-14(21)17-5-6-20(13)8-10-7-18-19-12(10)15(22)23/h1-4,7,13H,5-6,8H2,(H,17,21)(H,18,19)(H,22,23). The average Bonchev–Trinajstić information content (AvgIpc) is 2.97. The summed E-state index contributed by atoms with van der Waals surface area (Å²) in [4.78, 5) is 25.3. The van der Waals surface area contributed by atoms with Crippen molar-refractivity contribution < 1.29 is 19.1 Å². The second-order valence-corrected chi connectivity index (χ2v) is 5.29. The normalized spacial score (nSPS) is 18.7. The van der Waals surface area contributed by atoms with Gasteiger partial charge in [0, 0.05) is 25.2 Å². The maximum Gasteiger partial charge on any atom is 0.354 e. The lowest BCUT2D eigenvalue weighted by Gasteiger charge is -2.35. The lowest BCUT2D eigenvalue weighted by atomic mass is 10.0. The van der Waals surface area contributed by atoms with Gasteiger partial charge >= 0.3 is 5.97 Å². The SMILES string of the molecule is O=C(O)c1[nH]ncc1CN1CCNC(=O)C1c1ccc(F)cc1. The fourth-order valence-electron chi connectivity index (χ4n) is 2.73. The predicted octanol–water partition coefficient (Wildman–Crippen LogP) is 0.920. The van der Waals surface area contributed by atoms with Crippen LogP contribution in [0.4, 0.5) is 4.39 Å². The van der Waals surface area contributed by atoms with Gasteiger partial charge in [-0.05, 0) is 17.7 Å². The van der Waals surface area contributed by atoms with E-state index in [1.54, 1.807) is 12.1 Å². The average molecular weight is 318 g/mol. The maximum atomic E-state index is 13.1. The lowest BCUT2D eigenvalue weighted by molar-refractivity contribution is -0.129. The van der Waals surface area contributed by atoms with E-state index in [2.05, 4.69) is 15.5 Å². The molecule has 3 N–H and O–H groups in total. The summed E-state index contributed by atoms with van der Waals surface area (Å²) in [5.74, 6) is -1.67. The minimum Gasteiger partial charge on any atom is -0.477 e. The maximum absolute atomic E-state index is 13.1. The molecule has 1 atom stereocenters. The van der Waals surface area contributed by atoms with Crippen molar-refractivity contribution in [3.8, 4) is 0 Å². The highest BCUT2D eigenvalue weighted by Crippen LogP contribution is 2.26. The van der Waals surface area contributed by atoms with Gasteiger partial charge in [-0.25, -0.2) is 9.18 Å². The number of nitrogens with one attached hydrogen (secondary N) is 2. The third-order valence-corrected chi connectivity index (χ3v) is 3.80. The van der Waals surface area contributed by atoms with Crippen LogP contribution in [-0.4, -0.2) is 45.2 Å². The second kappa shape index (κ2) is 6.17. The van der Waals surface area contributed by atoms with Crippen LogP contribution in [0.3, 0.4) is 0 Å². The zero-order valence-corrected chi connectivity index (χ0v) is 12.1. The van der Waals surface area contributed by atoms with Crippen molar-refractivity contribution in [3.63, 3.8) is 0 Å². The second-order valence-electron chi connectivity index (χ2n) is 5.29. The molecular weight excluding hydrogens is 303 g/mol. The minimum atomic E-state index is -1.10. The third-order valence-electron chi connectivity index (χ3n) is 3.80. The number of hydrogen-bond acceptors (Lipinski definition) is 4. The van der Waals surface area contributed by atoms with Gasteiger partial charge in [0.15, 0.2) is 0 Å². The number of aromatic nitrogens is 2. The number of benzene rings is 1. The molecule has 7 nitrogen and oxygen atoms in total. The molecule has 2 heterocycles. The summed E-state index contributed by atoms with van der Waals surface area (Å²) >= 11 is 0. The summed E-state index contributed by atoms with van der Waals surface area (Å²) in [7, 11) is 0. The van der Waals surface area contributed by atoms with Gasteiger partial charge in [-0.15, -0.1) is 0 Å². The van der Waals surface area contributed by atoms with Crippen LogP contribution in [-0.2, 0) is 11.3 Å². The molecule has 1 aromatic heterocycles. The van der Waals surface area contributed by atoms with Gasteiger partial charge in [0.2, 0.25) is 5.91 Å². The van der Waals surface area contributed by atoms with Gasteiger partial charge in [-0.1, -0.05) is 12.1 Å². The molecule has 0 aliphatic carbocycles. The van der Waals surface area contributed by atoms with E-state index in [4.69, 9.17) is 5.11 Å². The van der Waals surface area contributed by atoms with E-state index in [0.29, 0.717) is 24.2 Å². The molecule has 0 bridgehead atoms. The zero-order chi connectivity index (χ0) is 16.4. The first-order valence-electron chi connectivity index (χ1n) is 7.09. The number of piperazine rings is 1. The Bertz CT molecular complexity index is 729. The van der Waals surface area contributed by atoms with Crippen molar-refractivity contribution in [3.05, 3.63) is 53.1 Å². The first kappa shape index (κ1) is 15.2. The van der Waals surface area contributed by atoms with Gasteiger partial charge in [0.1, 0.15) is 17.6 Å². The number of halogens is 1. The molecule has 3 rings (SSSR count). The fraction of sp³-hybridized carbons (Fsp3) is 0.267. The lowest BCUT2D eigenvalue weighted by Crippen LogP contribution is -2.49. The first-order chi connectivity index (χ1) is 11.1. The van der Waals surface area contributed by atoms with Gasteiger partial charge in [-0.3, -0.25) is 14.8 Å². The molecule has 1 aliphatic rings. The quantitative estimate of drug-likeness (QED) is 0.779. The molecular formula is C15H15FN4O3. The Hall–Kier alpha value is -2.74. The Morgan fingerprint density at radius 2 is 2.13 bits per heavy atom. The van der Waals surface area contributed by atoms with Crippen molar-refractivity contribution in [1.29, 1.82) is 0 Å². The van der Waals surface area contributed by atoms with E-state index in [0.717, 1.165) is 0 Å². The molecule has 1 unspecified atom stereocenters. The Balaban J connectivity index is 1.89. The van der Waals surface area contributed by atoms with Crippen LogP contribution >= 0.6 is 0 Å². The Labute approximate surface area is 131 Å². The molecule has 1 aromatic carbocycles. The van der Waals surface area contributed by atoms with Crippen molar-refractivity contribution in [1.82, 2.24) is 20.4 Å². The van der Waals surface area contributed by atoms with Crippen LogP contribution in [0.5, 0.6) is 0 Å². The fourth-order valence-corrected chi connectivity index (χ4v) is 2.73. The van der Waals surface area contributed by atoms with Crippen LogP contribution in [0.15, 0.2) is 30.5 Å². The van der Waals surface area contributed by atoms with E-state index < -0.39 is 12.0 Å². The van der Waals surface area contributed by atoms with Crippen molar-refractivity contribution in [2.24, 2.45) is 0 Å². The van der Waals surface area contributed by atoms with Crippen LogP contribution < -0.4 is 5.32 Å². The van der Waals surface area contributed by atoms with Crippen LogP contribution in [0, 0.1) is 5.82 Å². The van der Waals surface area contributed by atoms with Gasteiger partial charge in [0.25, 0.3) is 0 Å². The summed E-state index contributed by atoms with van der Waals surface area (Å²) in [5, 5.41) is 18.1. The molecule has 1 fully saturated rings. The monoisotopic (exact) mass is 318 g/mol.